The number of thiophene rings is 1. The molecule has 0 N–H and O–H groups in total. The minimum Gasteiger partial charge on any atom is -0.420 e. The first-order chi connectivity index (χ1) is 14.9. The predicted octanol–water partition coefficient (Wildman–Crippen LogP) is 3.91. The van der Waals surface area contributed by atoms with E-state index in [2.05, 4.69) is 11.1 Å². The highest BCUT2D eigenvalue weighted by molar-refractivity contribution is 7.89. The fraction of sp³-hybridized carbons (Fsp3) is 0.273. The first kappa shape index (κ1) is 21.3. The summed E-state index contributed by atoms with van der Waals surface area (Å²) in [7, 11) is -3.58. The number of hydrogen-bond acceptors (Lipinski definition) is 7. The molecule has 0 unspecified atom stereocenters. The molecule has 4 rings (SSSR count). The molecule has 0 spiro atoms. The lowest BCUT2D eigenvalue weighted by molar-refractivity contribution is 0.373. The molecule has 3 aromatic rings. The van der Waals surface area contributed by atoms with Crippen molar-refractivity contribution < 1.29 is 12.8 Å². The van der Waals surface area contributed by atoms with Crippen LogP contribution in [0.25, 0.3) is 12.2 Å². The Morgan fingerprint density at radius 1 is 1.16 bits per heavy atom. The Bertz CT molecular complexity index is 1250. The highest BCUT2D eigenvalue weighted by Crippen LogP contribution is 2.27. The number of aryl methyl sites for hydroxylation is 2. The molecular formula is C22H22N4O3S2. The molecule has 9 heteroatoms. The molecule has 0 aliphatic carbocycles. The highest BCUT2D eigenvalue weighted by Gasteiger charge is 2.31. The van der Waals surface area contributed by atoms with Gasteiger partial charge in [-0.15, -0.1) is 11.3 Å². The van der Waals surface area contributed by atoms with Gasteiger partial charge < -0.3 is 9.32 Å². The zero-order valence-corrected chi connectivity index (χ0v) is 18.9. The third-order valence-electron chi connectivity index (χ3n) is 5.15. The Morgan fingerprint density at radius 3 is 2.61 bits per heavy atom. The zero-order chi connectivity index (χ0) is 22.0. The van der Waals surface area contributed by atoms with E-state index in [0.29, 0.717) is 42.8 Å². The van der Waals surface area contributed by atoms with E-state index in [-0.39, 0.29) is 5.69 Å². The number of nitrogens with zero attached hydrogens (tertiary/aromatic N) is 4. The third kappa shape index (κ3) is 4.42. The average molecular weight is 455 g/mol. The second-order valence-corrected chi connectivity index (χ2v) is 10.2. The van der Waals surface area contributed by atoms with Crippen molar-refractivity contribution in [2.45, 2.75) is 18.7 Å². The van der Waals surface area contributed by atoms with E-state index in [1.54, 1.807) is 23.5 Å². The molecule has 0 radical (unpaired) electrons. The molecule has 1 aliphatic rings. The van der Waals surface area contributed by atoms with Gasteiger partial charge in [-0.1, -0.05) is 18.2 Å². The van der Waals surface area contributed by atoms with Crippen LogP contribution in [0.5, 0.6) is 0 Å². The van der Waals surface area contributed by atoms with E-state index in [0.717, 1.165) is 16.0 Å². The van der Waals surface area contributed by atoms with Crippen molar-refractivity contribution in [1.29, 1.82) is 5.26 Å². The summed E-state index contributed by atoms with van der Waals surface area (Å²) >= 11 is 1.60. The Kier molecular flexibility index (Phi) is 5.96. The van der Waals surface area contributed by atoms with Crippen LogP contribution in [0.3, 0.4) is 0 Å². The molecule has 0 atom stereocenters. The van der Waals surface area contributed by atoms with Crippen molar-refractivity contribution in [2.75, 3.05) is 31.1 Å². The second-order valence-electron chi connectivity index (χ2n) is 7.33. The van der Waals surface area contributed by atoms with Crippen LogP contribution >= 0.6 is 11.3 Å². The SMILES string of the molecule is Cc1ccc(C)c(S(=O)(=O)N2CCN(c3oc(C=Cc4cccs4)nc3C#N)CC2)c1. The van der Waals surface area contributed by atoms with Gasteiger partial charge in [0.05, 0.1) is 4.90 Å². The summed E-state index contributed by atoms with van der Waals surface area (Å²) < 4.78 is 33.6. The molecule has 1 aliphatic heterocycles. The standard InChI is InChI=1S/C22H22N4O3S2/c1-16-5-6-17(2)20(14-16)31(27,28)26-11-9-25(10-12-26)22-19(15-23)24-21(29-22)8-7-18-4-3-13-30-18/h3-8,13-14H,9-12H2,1-2H3. The molecule has 0 amide bonds. The number of benzene rings is 1. The quantitative estimate of drug-likeness (QED) is 0.581. The number of sulfonamides is 1. The van der Waals surface area contributed by atoms with Gasteiger partial charge in [-0.25, -0.2) is 8.42 Å². The van der Waals surface area contributed by atoms with Gasteiger partial charge >= 0.3 is 0 Å². The van der Waals surface area contributed by atoms with Gasteiger partial charge in [-0.2, -0.15) is 14.6 Å². The summed E-state index contributed by atoms with van der Waals surface area (Å²) in [6, 6.07) is 11.5. The lowest BCUT2D eigenvalue weighted by Gasteiger charge is -2.34. The summed E-state index contributed by atoms with van der Waals surface area (Å²) in [6.45, 7) is 5.14. The number of aromatic nitrogens is 1. The maximum absolute atomic E-state index is 13.1. The Morgan fingerprint density at radius 2 is 1.94 bits per heavy atom. The minimum absolute atomic E-state index is 0.205. The van der Waals surface area contributed by atoms with Crippen molar-refractivity contribution >= 4 is 39.4 Å². The normalized spacial score (nSPS) is 15.5. The monoisotopic (exact) mass is 454 g/mol. The number of anilines is 1. The smallest absolute Gasteiger partial charge is 0.243 e. The third-order valence-corrected chi connectivity index (χ3v) is 8.03. The molecule has 7 nitrogen and oxygen atoms in total. The summed E-state index contributed by atoms with van der Waals surface area (Å²) in [5.41, 5.74) is 1.85. The highest BCUT2D eigenvalue weighted by atomic mass is 32.2. The first-order valence-electron chi connectivity index (χ1n) is 9.83. The van der Waals surface area contributed by atoms with E-state index < -0.39 is 10.0 Å². The molecule has 3 heterocycles. The van der Waals surface area contributed by atoms with Gasteiger partial charge in [0, 0.05) is 37.1 Å². The van der Waals surface area contributed by atoms with E-state index in [9.17, 15) is 13.7 Å². The number of nitriles is 1. The minimum atomic E-state index is -3.58. The zero-order valence-electron chi connectivity index (χ0n) is 17.3. The summed E-state index contributed by atoms with van der Waals surface area (Å²) in [5.74, 6) is 0.738. The molecule has 0 bridgehead atoms. The Labute approximate surface area is 185 Å². The Hall–Kier alpha value is -2.93. The largest absolute Gasteiger partial charge is 0.420 e. The van der Waals surface area contributed by atoms with Gasteiger partial charge in [0.1, 0.15) is 6.07 Å². The number of oxazole rings is 1. The van der Waals surface area contributed by atoms with Gasteiger partial charge in [0.15, 0.2) is 0 Å². The van der Waals surface area contributed by atoms with E-state index in [1.165, 1.54) is 4.31 Å². The summed E-state index contributed by atoms with van der Waals surface area (Å²) in [6.07, 6.45) is 3.62. The fourth-order valence-electron chi connectivity index (χ4n) is 3.48. The van der Waals surface area contributed by atoms with Crippen molar-refractivity contribution in [3.05, 3.63) is 63.3 Å². The van der Waals surface area contributed by atoms with Crippen LogP contribution < -0.4 is 4.90 Å². The lowest BCUT2D eigenvalue weighted by Crippen LogP contribution is -2.48. The van der Waals surface area contributed by atoms with Gasteiger partial charge in [0.2, 0.25) is 27.5 Å². The van der Waals surface area contributed by atoms with Gasteiger partial charge in [-0.3, -0.25) is 0 Å². The maximum atomic E-state index is 13.1. The van der Waals surface area contributed by atoms with Crippen molar-refractivity contribution in [3.8, 4) is 6.07 Å². The first-order valence-corrected chi connectivity index (χ1v) is 12.2. The predicted molar refractivity (Wildman–Crippen MR) is 121 cm³/mol. The molecule has 1 aromatic carbocycles. The van der Waals surface area contributed by atoms with Crippen LogP contribution in [0.1, 0.15) is 27.6 Å². The van der Waals surface area contributed by atoms with E-state index >= 15 is 0 Å². The van der Waals surface area contributed by atoms with Crippen LogP contribution in [0, 0.1) is 25.2 Å². The average Bonchev–Trinajstić information content (AvgIpc) is 3.43. The van der Waals surface area contributed by atoms with Crippen LogP contribution in [0.4, 0.5) is 5.88 Å². The molecule has 1 saturated heterocycles. The topological polar surface area (TPSA) is 90.4 Å². The second kappa shape index (κ2) is 8.67. The number of hydrogen-bond donors (Lipinski definition) is 0. The molecular weight excluding hydrogens is 432 g/mol. The van der Waals surface area contributed by atoms with Crippen LogP contribution in [0.2, 0.25) is 0 Å². The van der Waals surface area contributed by atoms with Crippen molar-refractivity contribution in [2.24, 2.45) is 0 Å². The maximum Gasteiger partial charge on any atom is 0.243 e. The molecule has 31 heavy (non-hydrogen) atoms. The van der Waals surface area contributed by atoms with E-state index in [4.69, 9.17) is 4.42 Å². The molecule has 2 aromatic heterocycles. The van der Waals surface area contributed by atoms with Crippen LogP contribution in [0.15, 0.2) is 45.0 Å². The fourth-order valence-corrected chi connectivity index (χ4v) is 5.83. The number of piperazine rings is 1. The van der Waals surface area contributed by atoms with Gasteiger partial charge in [-0.05, 0) is 48.6 Å². The summed E-state index contributed by atoms with van der Waals surface area (Å²) in [4.78, 5) is 7.54. The molecule has 160 valence electrons. The van der Waals surface area contributed by atoms with Crippen LogP contribution in [-0.4, -0.2) is 43.9 Å². The van der Waals surface area contributed by atoms with Crippen molar-refractivity contribution in [3.63, 3.8) is 0 Å². The van der Waals surface area contributed by atoms with Gasteiger partial charge in [0.25, 0.3) is 0 Å². The van der Waals surface area contributed by atoms with Crippen LogP contribution in [-0.2, 0) is 10.0 Å². The van der Waals surface area contributed by atoms with Crippen molar-refractivity contribution in [1.82, 2.24) is 9.29 Å². The van der Waals surface area contributed by atoms with E-state index in [1.807, 2.05) is 54.5 Å². The summed E-state index contributed by atoms with van der Waals surface area (Å²) in [5, 5.41) is 11.5. The molecule has 0 saturated carbocycles. The lowest BCUT2D eigenvalue weighted by atomic mass is 10.2. The molecule has 1 fully saturated rings. The Balaban J connectivity index is 1.50. The number of rotatable bonds is 5.